The molecule has 1 atom stereocenters. The molecule has 0 aromatic carbocycles. The third-order valence-corrected chi connectivity index (χ3v) is 3.01. The lowest BCUT2D eigenvalue weighted by Crippen LogP contribution is -2.08. The Bertz CT molecular complexity index is 335. The Balaban J connectivity index is 5.14. The zero-order valence-electron chi connectivity index (χ0n) is 12.3. The lowest BCUT2D eigenvalue weighted by atomic mass is 9.87. The maximum Gasteiger partial charge on any atom is 0.337 e. The van der Waals surface area contributed by atoms with Gasteiger partial charge < -0.3 is 4.74 Å². The molecule has 2 heteroatoms. The van der Waals surface area contributed by atoms with Crippen molar-refractivity contribution < 1.29 is 9.53 Å². The van der Waals surface area contributed by atoms with Crippen LogP contribution in [0.2, 0.25) is 0 Å². The first-order chi connectivity index (χ1) is 8.49. The summed E-state index contributed by atoms with van der Waals surface area (Å²) in [6.45, 7) is 12.3. The second kappa shape index (κ2) is 8.73. The molecule has 0 heterocycles. The topological polar surface area (TPSA) is 26.3 Å². The first-order valence-corrected chi connectivity index (χ1v) is 6.58. The normalized spacial score (nSPS) is 14.6. The number of carbonyl (C=O) groups excluding carboxylic acids is 1. The maximum atomic E-state index is 11.6. The van der Waals surface area contributed by atoms with Gasteiger partial charge in [-0.1, -0.05) is 39.5 Å². The zero-order chi connectivity index (χ0) is 14.1. The first-order valence-electron chi connectivity index (χ1n) is 6.58. The molecule has 0 saturated carbocycles. The number of hydrogen-bond acceptors (Lipinski definition) is 2. The van der Waals surface area contributed by atoms with E-state index in [-0.39, 0.29) is 5.97 Å². The minimum absolute atomic E-state index is 0.295. The number of methoxy groups -OCH3 is 1. The lowest BCUT2D eigenvalue weighted by molar-refractivity contribution is -0.135. The summed E-state index contributed by atoms with van der Waals surface area (Å²) in [5, 5.41) is 0. The van der Waals surface area contributed by atoms with E-state index in [0.717, 1.165) is 18.4 Å². The third-order valence-electron chi connectivity index (χ3n) is 3.01. The van der Waals surface area contributed by atoms with Crippen molar-refractivity contribution in [2.75, 3.05) is 7.11 Å². The van der Waals surface area contributed by atoms with E-state index >= 15 is 0 Å². The monoisotopic (exact) mass is 250 g/mol. The molecule has 0 radical (unpaired) electrons. The molecule has 2 nitrogen and oxygen atoms in total. The van der Waals surface area contributed by atoms with E-state index in [0.29, 0.717) is 17.4 Å². The Kier molecular flexibility index (Phi) is 8.10. The van der Waals surface area contributed by atoms with Crippen molar-refractivity contribution in [1.82, 2.24) is 0 Å². The highest BCUT2D eigenvalue weighted by Crippen LogP contribution is 2.25. The molecule has 0 aliphatic carbocycles. The van der Waals surface area contributed by atoms with Crippen molar-refractivity contribution in [3.63, 3.8) is 0 Å². The van der Waals surface area contributed by atoms with Gasteiger partial charge in [-0.25, -0.2) is 4.79 Å². The average Bonchev–Trinajstić information content (AvgIpc) is 2.36. The van der Waals surface area contributed by atoms with Crippen LogP contribution in [-0.4, -0.2) is 13.1 Å². The SMILES string of the molecule is C=C/C(=C\C(=C/C)C(=O)OC)C(CC)CC(C)C. The predicted molar refractivity (Wildman–Crippen MR) is 77.3 cm³/mol. The summed E-state index contributed by atoms with van der Waals surface area (Å²) < 4.78 is 4.76. The number of rotatable bonds is 7. The van der Waals surface area contributed by atoms with Gasteiger partial charge in [-0.2, -0.15) is 0 Å². The van der Waals surface area contributed by atoms with Crippen LogP contribution in [0.15, 0.2) is 36.0 Å². The van der Waals surface area contributed by atoms with Gasteiger partial charge in [0.25, 0.3) is 0 Å². The van der Waals surface area contributed by atoms with Crippen LogP contribution >= 0.6 is 0 Å². The van der Waals surface area contributed by atoms with Gasteiger partial charge in [0.2, 0.25) is 0 Å². The molecule has 1 unspecified atom stereocenters. The summed E-state index contributed by atoms with van der Waals surface area (Å²) in [5.74, 6) is 0.781. The number of esters is 1. The number of allylic oxidation sites excluding steroid dienone is 3. The molecule has 0 aliphatic rings. The summed E-state index contributed by atoms with van der Waals surface area (Å²) in [6, 6.07) is 0. The molecule has 102 valence electrons. The van der Waals surface area contributed by atoms with Crippen LogP contribution in [0, 0.1) is 11.8 Å². The van der Waals surface area contributed by atoms with Crippen LogP contribution in [0.25, 0.3) is 0 Å². The van der Waals surface area contributed by atoms with Gasteiger partial charge in [0.15, 0.2) is 0 Å². The van der Waals surface area contributed by atoms with E-state index in [1.54, 1.807) is 6.08 Å². The molecule has 0 fully saturated rings. The van der Waals surface area contributed by atoms with Crippen LogP contribution in [-0.2, 0) is 9.53 Å². The quantitative estimate of drug-likeness (QED) is 0.383. The molecule has 0 aromatic heterocycles. The zero-order valence-corrected chi connectivity index (χ0v) is 12.3. The Labute approximate surface area is 111 Å². The number of carbonyl (C=O) groups is 1. The summed E-state index contributed by atoms with van der Waals surface area (Å²) in [5.41, 5.74) is 1.71. The van der Waals surface area contributed by atoms with Gasteiger partial charge in [0.05, 0.1) is 12.7 Å². The van der Waals surface area contributed by atoms with Gasteiger partial charge in [0, 0.05) is 0 Å². The lowest BCUT2D eigenvalue weighted by Gasteiger charge is -2.19. The van der Waals surface area contributed by atoms with Gasteiger partial charge in [-0.3, -0.25) is 0 Å². The molecule has 0 bridgehead atoms. The molecule has 0 spiro atoms. The standard InChI is InChI=1S/C16H26O2/c1-7-13(10-12(4)5)14(8-2)11-15(9-3)16(17)18-6/h8-9,11-13H,2,7,10H2,1,3-6H3/b14-11+,15-9+. The van der Waals surface area contributed by atoms with Crippen LogP contribution in [0.4, 0.5) is 0 Å². The summed E-state index contributed by atoms with van der Waals surface area (Å²) in [4.78, 5) is 11.6. The smallest absolute Gasteiger partial charge is 0.337 e. The van der Waals surface area contributed by atoms with Gasteiger partial charge in [0.1, 0.15) is 0 Å². The van der Waals surface area contributed by atoms with Crippen molar-refractivity contribution >= 4 is 5.97 Å². The molecule has 18 heavy (non-hydrogen) atoms. The van der Waals surface area contributed by atoms with Crippen LogP contribution < -0.4 is 0 Å². The minimum atomic E-state index is -0.295. The van der Waals surface area contributed by atoms with Gasteiger partial charge in [-0.15, -0.1) is 0 Å². The molecule has 0 amide bonds. The predicted octanol–water partition coefficient (Wildman–Crippen LogP) is 4.29. The average molecular weight is 250 g/mol. The third kappa shape index (κ3) is 5.35. The molecule has 0 aromatic rings. The summed E-state index contributed by atoms with van der Waals surface area (Å²) in [6.07, 6.45) is 7.68. The molecule has 0 aliphatic heterocycles. The minimum Gasteiger partial charge on any atom is -0.465 e. The molecule has 0 saturated heterocycles. The largest absolute Gasteiger partial charge is 0.465 e. The first kappa shape index (κ1) is 16.7. The second-order valence-electron chi connectivity index (χ2n) is 4.82. The van der Waals surface area contributed by atoms with Crippen LogP contribution in [0.1, 0.15) is 40.5 Å². The van der Waals surface area contributed by atoms with Crippen molar-refractivity contribution in [3.05, 3.63) is 36.0 Å². The van der Waals surface area contributed by atoms with Gasteiger partial charge >= 0.3 is 5.97 Å². The van der Waals surface area contributed by atoms with E-state index in [4.69, 9.17) is 4.74 Å². The highest BCUT2D eigenvalue weighted by atomic mass is 16.5. The van der Waals surface area contributed by atoms with Crippen LogP contribution in [0.3, 0.4) is 0 Å². The number of ether oxygens (including phenoxy) is 1. The van der Waals surface area contributed by atoms with E-state index in [2.05, 4.69) is 27.4 Å². The van der Waals surface area contributed by atoms with Crippen LogP contribution in [0.5, 0.6) is 0 Å². The maximum absolute atomic E-state index is 11.6. The highest BCUT2D eigenvalue weighted by molar-refractivity contribution is 5.91. The van der Waals surface area contributed by atoms with Crippen molar-refractivity contribution in [1.29, 1.82) is 0 Å². The Hall–Kier alpha value is -1.31. The Morgan fingerprint density at radius 1 is 1.39 bits per heavy atom. The highest BCUT2D eigenvalue weighted by Gasteiger charge is 2.14. The van der Waals surface area contributed by atoms with Crippen molar-refractivity contribution in [2.24, 2.45) is 11.8 Å². The van der Waals surface area contributed by atoms with Gasteiger partial charge in [-0.05, 0) is 43.3 Å². The van der Waals surface area contributed by atoms with E-state index in [9.17, 15) is 4.79 Å². The fraction of sp³-hybridized carbons (Fsp3) is 0.562. The van der Waals surface area contributed by atoms with E-state index in [1.807, 2.05) is 19.1 Å². The van der Waals surface area contributed by atoms with E-state index < -0.39 is 0 Å². The summed E-state index contributed by atoms with van der Waals surface area (Å²) in [7, 11) is 1.40. The van der Waals surface area contributed by atoms with Crippen molar-refractivity contribution in [3.8, 4) is 0 Å². The molecule has 0 rings (SSSR count). The summed E-state index contributed by atoms with van der Waals surface area (Å²) >= 11 is 0. The van der Waals surface area contributed by atoms with Crippen molar-refractivity contribution in [2.45, 2.75) is 40.5 Å². The Morgan fingerprint density at radius 3 is 2.33 bits per heavy atom. The fourth-order valence-corrected chi connectivity index (χ4v) is 2.01. The molecular formula is C16H26O2. The second-order valence-corrected chi connectivity index (χ2v) is 4.82. The molecular weight excluding hydrogens is 224 g/mol. The fourth-order valence-electron chi connectivity index (χ4n) is 2.01. The Morgan fingerprint density at radius 2 is 2.00 bits per heavy atom. The molecule has 0 N–H and O–H groups in total. The number of hydrogen-bond donors (Lipinski definition) is 0. The van der Waals surface area contributed by atoms with E-state index in [1.165, 1.54) is 7.11 Å².